The first-order valence-electron chi connectivity index (χ1n) is 4.13. The van der Waals surface area contributed by atoms with Crippen molar-refractivity contribution >= 4 is 11.2 Å². The highest BCUT2D eigenvalue weighted by atomic mass is 16.3. The molecule has 0 atom stereocenters. The van der Waals surface area contributed by atoms with E-state index >= 15 is 0 Å². The fraction of sp³-hybridized carbons (Fsp3) is 0. The van der Waals surface area contributed by atoms with Crippen LogP contribution in [0.1, 0.15) is 0 Å². The summed E-state index contributed by atoms with van der Waals surface area (Å²) in [5.74, 6) is 0. The maximum Gasteiger partial charge on any atom is 0.247 e. The lowest BCUT2D eigenvalue weighted by molar-refractivity contribution is 0.591. The largest absolute Gasteiger partial charge is 0.425 e. The number of fused-ring (bicyclic) bond motifs is 1. The Morgan fingerprint density at radius 3 is 3.00 bits per heavy atom. The van der Waals surface area contributed by atoms with E-state index in [1.165, 1.54) is 6.39 Å². The number of H-pyrrole nitrogens is 1. The minimum Gasteiger partial charge on any atom is -0.425 e. The van der Waals surface area contributed by atoms with Crippen molar-refractivity contribution in [2.75, 3.05) is 0 Å². The first kappa shape index (κ1) is 7.25. The average molecular weight is 186 g/mol. The Labute approximate surface area is 78.8 Å². The molecule has 3 rings (SSSR count). The summed E-state index contributed by atoms with van der Waals surface area (Å²) in [4.78, 5) is 15.2. The van der Waals surface area contributed by atoms with Gasteiger partial charge in [0.15, 0.2) is 6.39 Å². The maximum atomic E-state index is 5.10. The van der Waals surface area contributed by atoms with Crippen molar-refractivity contribution in [2.24, 2.45) is 0 Å². The zero-order chi connectivity index (χ0) is 9.38. The van der Waals surface area contributed by atoms with Gasteiger partial charge in [0.2, 0.25) is 5.71 Å². The van der Waals surface area contributed by atoms with Crippen LogP contribution in [-0.2, 0) is 0 Å². The fourth-order valence-corrected chi connectivity index (χ4v) is 1.29. The van der Waals surface area contributed by atoms with Crippen molar-refractivity contribution in [3.63, 3.8) is 0 Å². The fourth-order valence-electron chi connectivity index (χ4n) is 1.29. The highest BCUT2D eigenvalue weighted by molar-refractivity contribution is 5.71. The van der Waals surface area contributed by atoms with Crippen molar-refractivity contribution in [3.8, 4) is 11.4 Å². The van der Waals surface area contributed by atoms with E-state index in [0.29, 0.717) is 5.71 Å². The number of imidazole rings is 1. The quantitative estimate of drug-likeness (QED) is 0.626. The van der Waals surface area contributed by atoms with Gasteiger partial charge in [0.05, 0.1) is 12.0 Å². The molecule has 68 valence electrons. The monoisotopic (exact) mass is 186 g/mol. The molecule has 0 aliphatic carbocycles. The number of pyridine rings is 1. The van der Waals surface area contributed by atoms with Gasteiger partial charge in [-0.1, -0.05) is 0 Å². The summed E-state index contributed by atoms with van der Waals surface area (Å²) < 4.78 is 5.10. The van der Waals surface area contributed by atoms with E-state index in [4.69, 9.17) is 4.42 Å². The number of hydrogen-bond donors (Lipinski definition) is 1. The third-order valence-electron chi connectivity index (χ3n) is 1.96. The highest BCUT2D eigenvalue weighted by Crippen LogP contribution is 2.17. The van der Waals surface area contributed by atoms with Gasteiger partial charge in [0, 0.05) is 6.20 Å². The van der Waals surface area contributed by atoms with Gasteiger partial charge in [0.25, 0.3) is 0 Å². The minimum atomic E-state index is 0.533. The molecule has 3 aromatic heterocycles. The normalized spacial score (nSPS) is 10.9. The van der Waals surface area contributed by atoms with Gasteiger partial charge in [-0.25, -0.2) is 15.0 Å². The molecule has 0 aliphatic heterocycles. The van der Waals surface area contributed by atoms with Gasteiger partial charge in [-0.3, -0.25) is 0 Å². The lowest BCUT2D eigenvalue weighted by Gasteiger charge is -1.93. The Hall–Kier alpha value is -2.17. The number of nitrogens with zero attached hydrogens (tertiary/aromatic N) is 3. The summed E-state index contributed by atoms with van der Waals surface area (Å²) in [7, 11) is 0. The summed E-state index contributed by atoms with van der Waals surface area (Å²) in [6.45, 7) is 0. The Balaban J connectivity index is 2.23. The van der Waals surface area contributed by atoms with Gasteiger partial charge >= 0.3 is 0 Å². The molecular weight excluding hydrogens is 180 g/mol. The molecule has 3 heterocycles. The topological polar surface area (TPSA) is 67.6 Å². The molecule has 0 saturated heterocycles. The second-order valence-electron chi connectivity index (χ2n) is 2.83. The van der Waals surface area contributed by atoms with Crippen molar-refractivity contribution in [1.29, 1.82) is 0 Å². The highest BCUT2D eigenvalue weighted by Gasteiger charge is 2.04. The zero-order valence-corrected chi connectivity index (χ0v) is 7.14. The number of nitrogens with one attached hydrogen (secondary N) is 1. The Bertz CT molecular complexity index is 555. The lowest BCUT2D eigenvalue weighted by atomic mass is 10.3. The van der Waals surface area contributed by atoms with Crippen molar-refractivity contribution in [3.05, 3.63) is 31.1 Å². The number of hydrogen-bond acceptors (Lipinski definition) is 4. The van der Waals surface area contributed by atoms with Crippen LogP contribution in [0.4, 0.5) is 0 Å². The molecule has 5 heteroatoms. The summed E-state index contributed by atoms with van der Waals surface area (Å²) in [6.07, 6.45) is 4.78. The van der Waals surface area contributed by atoms with E-state index in [1.54, 1.807) is 12.5 Å². The predicted molar refractivity (Wildman–Crippen MR) is 49.4 cm³/mol. The van der Waals surface area contributed by atoms with Crippen LogP contribution < -0.4 is 0 Å². The molecule has 0 aliphatic rings. The van der Waals surface area contributed by atoms with Crippen LogP contribution in [0.2, 0.25) is 0 Å². The Kier molecular flexibility index (Phi) is 1.38. The van der Waals surface area contributed by atoms with Crippen molar-refractivity contribution < 1.29 is 4.42 Å². The Morgan fingerprint density at radius 2 is 2.14 bits per heavy atom. The van der Waals surface area contributed by atoms with E-state index in [2.05, 4.69) is 19.9 Å². The molecule has 14 heavy (non-hydrogen) atoms. The molecular formula is C9H6N4O. The molecule has 0 unspecified atom stereocenters. The number of rotatable bonds is 1. The molecule has 5 nitrogen and oxygen atoms in total. The molecule has 0 aromatic carbocycles. The van der Waals surface area contributed by atoms with Crippen LogP contribution in [0.5, 0.6) is 0 Å². The third kappa shape index (κ3) is 0.990. The van der Waals surface area contributed by atoms with E-state index in [9.17, 15) is 0 Å². The SMILES string of the molecule is c1nc(-c2ccc3ncoc3n2)c[nH]1. The molecule has 0 spiro atoms. The second kappa shape index (κ2) is 2.66. The predicted octanol–water partition coefficient (Wildman–Crippen LogP) is 1.61. The minimum absolute atomic E-state index is 0.533. The summed E-state index contributed by atoms with van der Waals surface area (Å²) in [6, 6.07) is 3.72. The standard InChI is InChI=1S/C9H6N4O/c1-2-7-9(14-5-12-7)13-6(1)8-3-10-4-11-8/h1-5H,(H,10,11). The smallest absolute Gasteiger partial charge is 0.247 e. The molecule has 0 radical (unpaired) electrons. The van der Waals surface area contributed by atoms with Crippen LogP contribution in [0.3, 0.4) is 0 Å². The molecule has 0 fully saturated rings. The van der Waals surface area contributed by atoms with Crippen LogP contribution in [-0.4, -0.2) is 19.9 Å². The van der Waals surface area contributed by atoms with Gasteiger partial charge in [0.1, 0.15) is 11.2 Å². The molecule has 0 amide bonds. The first-order valence-corrected chi connectivity index (χ1v) is 4.13. The summed E-state index contributed by atoms with van der Waals surface area (Å²) >= 11 is 0. The van der Waals surface area contributed by atoms with Gasteiger partial charge in [-0.15, -0.1) is 0 Å². The summed E-state index contributed by atoms with van der Waals surface area (Å²) in [5, 5.41) is 0. The van der Waals surface area contributed by atoms with Gasteiger partial charge in [-0.2, -0.15) is 0 Å². The number of aromatic amines is 1. The van der Waals surface area contributed by atoms with Crippen LogP contribution in [0.15, 0.2) is 35.5 Å². The first-order chi connectivity index (χ1) is 6.93. The third-order valence-corrected chi connectivity index (χ3v) is 1.96. The second-order valence-corrected chi connectivity index (χ2v) is 2.83. The summed E-state index contributed by atoms with van der Waals surface area (Å²) in [5.41, 5.74) is 2.86. The van der Waals surface area contributed by atoms with Gasteiger partial charge in [-0.05, 0) is 12.1 Å². The van der Waals surface area contributed by atoms with E-state index in [0.717, 1.165) is 16.9 Å². The van der Waals surface area contributed by atoms with Crippen LogP contribution in [0, 0.1) is 0 Å². The van der Waals surface area contributed by atoms with Crippen LogP contribution in [0.25, 0.3) is 22.6 Å². The van der Waals surface area contributed by atoms with Crippen LogP contribution >= 0.6 is 0 Å². The van der Waals surface area contributed by atoms with Gasteiger partial charge < -0.3 is 9.40 Å². The van der Waals surface area contributed by atoms with Crippen molar-refractivity contribution in [1.82, 2.24) is 19.9 Å². The lowest BCUT2D eigenvalue weighted by Crippen LogP contribution is -1.82. The molecule has 0 saturated carbocycles. The number of oxazole rings is 1. The van der Waals surface area contributed by atoms with E-state index in [1.807, 2.05) is 12.1 Å². The van der Waals surface area contributed by atoms with E-state index < -0.39 is 0 Å². The van der Waals surface area contributed by atoms with Crippen molar-refractivity contribution in [2.45, 2.75) is 0 Å². The molecule has 0 bridgehead atoms. The maximum absolute atomic E-state index is 5.10. The average Bonchev–Trinajstić information content (AvgIpc) is 2.88. The zero-order valence-electron chi connectivity index (χ0n) is 7.14. The molecule has 3 aromatic rings. The Morgan fingerprint density at radius 1 is 1.14 bits per heavy atom. The molecule has 1 N–H and O–H groups in total. The van der Waals surface area contributed by atoms with E-state index in [-0.39, 0.29) is 0 Å². The number of aromatic nitrogens is 4.